The molecule has 0 heterocycles. The molecule has 0 aliphatic rings. The Bertz CT molecular complexity index is 102. The van der Waals surface area contributed by atoms with E-state index in [1.165, 1.54) is 0 Å². The van der Waals surface area contributed by atoms with Crippen LogP contribution in [0.3, 0.4) is 0 Å². The van der Waals surface area contributed by atoms with Crippen molar-refractivity contribution in [2.75, 3.05) is 13.2 Å². The molecular formula is C9H18O2. The van der Waals surface area contributed by atoms with Gasteiger partial charge in [-0.2, -0.15) is 0 Å². The maximum Gasteiger partial charge on any atom is 0.0462 e. The Hall–Kier alpha value is -0.340. The fourth-order valence-electron chi connectivity index (χ4n) is 1.12. The van der Waals surface area contributed by atoms with E-state index in [0.29, 0.717) is 0 Å². The summed E-state index contributed by atoms with van der Waals surface area (Å²) in [6.07, 6.45) is 3.52. The molecule has 0 radical (unpaired) electrons. The molecular weight excluding hydrogens is 140 g/mol. The molecule has 0 fully saturated rings. The first-order valence-electron chi connectivity index (χ1n) is 4.07. The first-order chi connectivity index (χ1) is 5.24. The Labute approximate surface area is 68.6 Å². The van der Waals surface area contributed by atoms with E-state index in [1.54, 1.807) is 0 Å². The SMILES string of the molecule is C=CC[C@@H](CO)C[C@H](C)CO. The molecule has 0 aromatic rings. The van der Waals surface area contributed by atoms with Crippen LogP contribution in [0, 0.1) is 11.8 Å². The molecule has 0 aliphatic carbocycles. The molecule has 0 saturated carbocycles. The topological polar surface area (TPSA) is 40.5 Å². The molecule has 2 N–H and O–H groups in total. The maximum absolute atomic E-state index is 8.87. The summed E-state index contributed by atoms with van der Waals surface area (Å²) in [6.45, 7) is 5.98. The van der Waals surface area contributed by atoms with E-state index >= 15 is 0 Å². The van der Waals surface area contributed by atoms with Crippen LogP contribution in [-0.4, -0.2) is 23.4 Å². The summed E-state index contributed by atoms with van der Waals surface area (Å²) in [4.78, 5) is 0. The normalized spacial score (nSPS) is 15.9. The van der Waals surface area contributed by atoms with Gasteiger partial charge in [-0.1, -0.05) is 13.0 Å². The van der Waals surface area contributed by atoms with Crippen molar-refractivity contribution >= 4 is 0 Å². The van der Waals surface area contributed by atoms with Crippen LogP contribution in [0.1, 0.15) is 19.8 Å². The highest BCUT2D eigenvalue weighted by molar-refractivity contribution is 4.73. The summed E-state index contributed by atoms with van der Waals surface area (Å²) in [5.41, 5.74) is 0. The molecule has 2 atom stereocenters. The van der Waals surface area contributed by atoms with Crippen molar-refractivity contribution in [3.63, 3.8) is 0 Å². The molecule has 0 aromatic heterocycles. The van der Waals surface area contributed by atoms with Gasteiger partial charge in [-0.25, -0.2) is 0 Å². The number of hydrogen-bond donors (Lipinski definition) is 2. The van der Waals surface area contributed by atoms with Crippen molar-refractivity contribution in [2.24, 2.45) is 11.8 Å². The molecule has 0 saturated heterocycles. The molecule has 0 aliphatic heterocycles. The predicted molar refractivity (Wildman–Crippen MR) is 46.3 cm³/mol. The highest BCUT2D eigenvalue weighted by Gasteiger charge is 2.09. The van der Waals surface area contributed by atoms with Crippen LogP contribution in [0.4, 0.5) is 0 Å². The van der Waals surface area contributed by atoms with Crippen LogP contribution in [0.25, 0.3) is 0 Å². The van der Waals surface area contributed by atoms with Crippen LogP contribution >= 0.6 is 0 Å². The van der Waals surface area contributed by atoms with Crippen LogP contribution < -0.4 is 0 Å². The molecule has 0 aromatic carbocycles. The molecule has 0 rings (SSSR count). The van der Waals surface area contributed by atoms with Crippen molar-refractivity contribution < 1.29 is 10.2 Å². The highest BCUT2D eigenvalue weighted by Crippen LogP contribution is 2.14. The Morgan fingerprint density at radius 2 is 2.00 bits per heavy atom. The van der Waals surface area contributed by atoms with Gasteiger partial charge in [-0.3, -0.25) is 0 Å². The predicted octanol–water partition coefficient (Wildman–Crippen LogP) is 1.19. The fraction of sp³-hybridized carbons (Fsp3) is 0.778. The zero-order valence-electron chi connectivity index (χ0n) is 7.16. The third-order valence-corrected chi connectivity index (χ3v) is 1.81. The number of aliphatic hydroxyl groups excluding tert-OH is 2. The van der Waals surface area contributed by atoms with Crippen molar-refractivity contribution in [3.8, 4) is 0 Å². The number of allylic oxidation sites excluding steroid dienone is 1. The second-order valence-electron chi connectivity index (χ2n) is 3.10. The van der Waals surface area contributed by atoms with Crippen LogP contribution in [0.5, 0.6) is 0 Å². The third kappa shape index (κ3) is 4.99. The zero-order chi connectivity index (χ0) is 8.69. The van der Waals surface area contributed by atoms with E-state index in [4.69, 9.17) is 10.2 Å². The van der Waals surface area contributed by atoms with Crippen molar-refractivity contribution in [1.82, 2.24) is 0 Å². The van der Waals surface area contributed by atoms with Gasteiger partial charge >= 0.3 is 0 Å². The largest absolute Gasteiger partial charge is 0.396 e. The van der Waals surface area contributed by atoms with Crippen molar-refractivity contribution in [2.45, 2.75) is 19.8 Å². The van der Waals surface area contributed by atoms with Gasteiger partial charge in [0.2, 0.25) is 0 Å². The lowest BCUT2D eigenvalue weighted by Crippen LogP contribution is -2.12. The average Bonchev–Trinajstić information content (AvgIpc) is 2.03. The summed E-state index contributed by atoms with van der Waals surface area (Å²) >= 11 is 0. The van der Waals surface area contributed by atoms with Crippen molar-refractivity contribution in [3.05, 3.63) is 12.7 Å². The Kier molecular flexibility index (Phi) is 6.18. The lowest BCUT2D eigenvalue weighted by atomic mass is 9.94. The summed E-state index contributed by atoms with van der Waals surface area (Å²) < 4.78 is 0. The van der Waals surface area contributed by atoms with Gasteiger partial charge in [0, 0.05) is 13.2 Å². The molecule has 0 amide bonds. The minimum Gasteiger partial charge on any atom is -0.396 e. The highest BCUT2D eigenvalue weighted by atomic mass is 16.3. The molecule has 11 heavy (non-hydrogen) atoms. The van der Waals surface area contributed by atoms with Gasteiger partial charge in [0.25, 0.3) is 0 Å². The van der Waals surface area contributed by atoms with E-state index in [1.807, 2.05) is 13.0 Å². The first-order valence-corrected chi connectivity index (χ1v) is 4.07. The molecule has 0 bridgehead atoms. The Morgan fingerprint density at radius 1 is 1.36 bits per heavy atom. The smallest absolute Gasteiger partial charge is 0.0462 e. The quantitative estimate of drug-likeness (QED) is 0.570. The Balaban J connectivity index is 3.57. The monoisotopic (exact) mass is 158 g/mol. The summed E-state index contributed by atoms with van der Waals surface area (Å²) in [5.74, 6) is 0.557. The average molecular weight is 158 g/mol. The maximum atomic E-state index is 8.87. The molecule has 66 valence electrons. The molecule has 2 nitrogen and oxygen atoms in total. The summed E-state index contributed by atoms with van der Waals surface area (Å²) in [5, 5.41) is 17.6. The van der Waals surface area contributed by atoms with Crippen LogP contribution in [-0.2, 0) is 0 Å². The zero-order valence-corrected chi connectivity index (χ0v) is 7.16. The molecule has 0 unspecified atom stereocenters. The van der Waals surface area contributed by atoms with Gasteiger partial charge in [0.05, 0.1) is 0 Å². The van der Waals surface area contributed by atoms with E-state index in [2.05, 4.69) is 6.58 Å². The minimum atomic E-state index is 0.191. The van der Waals surface area contributed by atoms with E-state index < -0.39 is 0 Å². The molecule has 2 heteroatoms. The lowest BCUT2D eigenvalue weighted by molar-refractivity contribution is 0.169. The lowest BCUT2D eigenvalue weighted by Gasteiger charge is -2.15. The second kappa shape index (κ2) is 6.38. The standard InChI is InChI=1S/C9H18O2/c1-3-4-9(7-11)5-8(2)6-10/h3,8-11H,1,4-7H2,2H3/t8-,9+/m0/s1. The van der Waals surface area contributed by atoms with E-state index in [-0.39, 0.29) is 25.0 Å². The minimum absolute atomic E-state index is 0.191. The first kappa shape index (κ1) is 10.7. The summed E-state index contributed by atoms with van der Waals surface area (Å²) in [7, 11) is 0. The van der Waals surface area contributed by atoms with Gasteiger partial charge in [0.15, 0.2) is 0 Å². The Morgan fingerprint density at radius 3 is 2.36 bits per heavy atom. The molecule has 0 spiro atoms. The van der Waals surface area contributed by atoms with Crippen molar-refractivity contribution in [1.29, 1.82) is 0 Å². The van der Waals surface area contributed by atoms with Gasteiger partial charge in [0.1, 0.15) is 0 Å². The number of rotatable bonds is 6. The van der Waals surface area contributed by atoms with Crippen LogP contribution in [0.15, 0.2) is 12.7 Å². The third-order valence-electron chi connectivity index (χ3n) is 1.81. The fourth-order valence-corrected chi connectivity index (χ4v) is 1.12. The number of hydrogen-bond acceptors (Lipinski definition) is 2. The van der Waals surface area contributed by atoms with Gasteiger partial charge < -0.3 is 10.2 Å². The van der Waals surface area contributed by atoms with Crippen LogP contribution in [0.2, 0.25) is 0 Å². The van der Waals surface area contributed by atoms with Gasteiger partial charge in [-0.05, 0) is 24.7 Å². The van der Waals surface area contributed by atoms with E-state index in [9.17, 15) is 0 Å². The summed E-state index contributed by atoms with van der Waals surface area (Å²) in [6, 6.07) is 0. The second-order valence-corrected chi connectivity index (χ2v) is 3.10. The van der Waals surface area contributed by atoms with E-state index in [0.717, 1.165) is 12.8 Å². The number of aliphatic hydroxyl groups is 2. The van der Waals surface area contributed by atoms with Gasteiger partial charge in [-0.15, -0.1) is 6.58 Å².